The Kier molecular flexibility index (Phi) is 5.22. The number of aromatic nitrogens is 2. The topological polar surface area (TPSA) is 66.9 Å². The molecule has 3 rings (SSSR count). The molecule has 1 aromatic heterocycles. The van der Waals surface area contributed by atoms with Crippen molar-refractivity contribution >= 4 is 23.1 Å². The minimum absolute atomic E-state index is 0.178. The van der Waals surface area contributed by atoms with Crippen LogP contribution in [-0.4, -0.2) is 15.9 Å². The Balaban J connectivity index is 1.66. The average Bonchev–Trinajstić information content (AvgIpc) is 2.64. The molecule has 0 aliphatic rings. The highest BCUT2D eigenvalue weighted by Crippen LogP contribution is 2.19. The molecule has 0 bridgehead atoms. The summed E-state index contributed by atoms with van der Waals surface area (Å²) in [5, 5.41) is 5.61. The van der Waals surface area contributed by atoms with Crippen LogP contribution in [0.4, 0.5) is 21.6 Å². The standard InChI is InChI=1S/C20H19FN4O/c1-13(2)14-7-9-15(10-8-14)24-20(26)18-11-23-19(12-22-18)25-17-6-4-3-5-16(17)21/h3-13H,1-2H3,(H,23,25)(H,24,26). The van der Waals surface area contributed by atoms with Crippen LogP contribution in [0.2, 0.25) is 0 Å². The minimum Gasteiger partial charge on any atom is -0.337 e. The number of carbonyl (C=O) groups is 1. The van der Waals surface area contributed by atoms with E-state index in [9.17, 15) is 9.18 Å². The third-order valence-corrected chi connectivity index (χ3v) is 3.86. The van der Waals surface area contributed by atoms with Gasteiger partial charge in [-0.15, -0.1) is 0 Å². The number of benzene rings is 2. The van der Waals surface area contributed by atoms with Gasteiger partial charge < -0.3 is 10.6 Å². The van der Waals surface area contributed by atoms with Crippen molar-refractivity contribution in [3.05, 3.63) is 78.0 Å². The maximum absolute atomic E-state index is 13.6. The number of anilines is 3. The second-order valence-electron chi connectivity index (χ2n) is 6.12. The Morgan fingerprint density at radius 1 is 1.00 bits per heavy atom. The molecule has 3 aromatic rings. The molecular weight excluding hydrogens is 331 g/mol. The van der Waals surface area contributed by atoms with Gasteiger partial charge in [-0.2, -0.15) is 0 Å². The molecular formula is C20H19FN4O. The van der Waals surface area contributed by atoms with Crippen molar-refractivity contribution in [3.8, 4) is 0 Å². The number of hydrogen-bond donors (Lipinski definition) is 2. The fourth-order valence-corrected chi connectivity index (χ4v) is 2.36. The van der Waals surface area contributed by atoms with Crippen molar-refractivity contribution in [1.82, 2.24) is 9.97 Å². The molecule has 132 valence electrons. The van der Waals surface area contributed by atoms with Gasteiger partial charge in [0, 0.05) is 5.69 Å². The van der Waals surface area contributed by atoms with Crippen molar-refractivity contribution < 1.29 is 9.18 Å². The molecule has 0 saturated heterocycles. The molecule has 6 heteroatoms. The van der Waals surface area contributed by atoms with E-state index >= 15 is 0 Å². The molecule has 0 saturated carbocycles. The third-order valence-electron chi connectivity index (χ3n) is 3.86. The fraction of sp³-hybridized carbons (Fsp3) is 0.150. The Bertz CT molecular complexity index is 892. The first-order valence-electron chi connectivity index (χ1n) is 8.28. The largest absolute Gasteiger partial charge is 0.337 e. The van der Waals surface area contributed by atoms with Crippen molar-refractivity contribution in [3.63, 3.8) is 0 Å². The van der Waals surface area contributed by atoms with E-state index in [1.165, 1.54) is 24.0 Å². The molecule has 0 aliphatic carbocycles. The molecule has 0 atom stereocenters. The maximum atomic E-state index is 13.6. The van der Waals surface area contributed by atoms with Crippen molar-refractivity contribution in [2.24, 2.45) is 0 Å². The molecule has 0 radical (unpaired) electrons. The second kappa shape index (κ2) is 7.74. The minimum atomic E-state index is -0.388. The fourth-order valence-electron chi connectivity index (χ4n) is 2.36. The van der Waals surface area contributed by atoms with E-state index < -0.39 is 0 Å². The lowest BCUT2D eigenvalue weighted by Gasteiger charge is -2.09. The van der Waals surface area contributed by atoms with Gasteiger partial charge in [-0.05, 0) is 35.7 Å². The van der Waals surface area contributed by atoms with Crippen LogP contribution in [0.15, 0.2) is 60.9 Å². The van der Waals surface area contributed by atoms with Crippen LogP contribution in [0.1, 0.15) is 35.8 Å². The van der Waals surface area contributed by atoms with Crippen molar-refractivity contribution in [2.75, 3.05) is 10.6 Å². The first-order chi connectivity index (χ1) is 12.5. The summed E-state index contributed by atoms with van der Waals surface area (Å²) in [6.07, 6.45) is 2.74. The van der Waals surface area contributed by atoms with E-state index in [1.54, 1.807) is 18.2 Å². The summed E-state index contributed by atoms with van der Waals surface area (Å²) in [5.74, 6) is 0.0428. The molecule has 26 heavy (non-hydrogen) atoms. The SMILES string of the molecule is CC(C)c1ccc(NC(=O)c2cnc(Nc3ccccc3F)cn2)cc1. The quantitative estimate of drug-likeness (QED) is 0.698. The van der Waals surface area contributed by atoms with Gasteiger partial charge in [-0.1, -0.05) is 38.1 Å². The third kappa shape index (κ3) is 4.22. The van der Waals surface area contributed by atoms with E-state index in [2.05, 4.69) is 34.4 Å². The van der Waals surface area contributed by atoms with E-state index in [0.717, 1.165) is 0 Å². The van der Waals surface area contributed by atoms with Gasteiger partial charge in [0.05, 0.1) is 18.1 Å². The Morgan fingerprint density at radius 3 is 2.35 bits per heavy atom. The normalized spacial score (nSPS) is 10.6. The predicted octanol–water partition coefficient (Wildman–Crippen LogP) is 4.74. The summed E-state index contributed by atoms with van der Waals surface area (Å²) >= 11 is 0. The van der Waals surface area contributed by atoms with E-state index in [4.69, 9.17) is 0 Å². The van der Waals surface area contributed by atoms with Crippen molar-refractivity contribution in [2.45, 2.75) is 19.8 Å². The smallest absolute Gasteiger partial charge is 0.275 e. The van der Waals surface area contributed by atoms with E-state index in [1.807, 2.05) is 24.3 Å². The summed E-state index contributed by atoms with van der Waals surface area (Å²) in [4.78, 5) is 20.5. The van der Waals surface area contributed by atoms with Gasteiger partial charge in [-0.25, -0.2) is 14.4 Å². The first-order valence-corrected chi connectivity index (χ1v) is 8.28. The average molecular weight is 350 g/mol. The van der Waals surface area contributed by atoms with Crippen LogP contribution in [0.5, 0.6) is 0 Å². The van der Waals surface area contributed by atoms with Gasteiger partial charge in [0.15, 0.2) is 0 Å². The summed E-state index contributed by atoms with van der Waals surface area (Å²) in [6, 6.07) is 13.9. The van der Waals surface area contributed by atoms with Crippen LogP contribution in [0.3, 0.4) is 0 Å². The van der Waals surface area contributed by atoms with Crippen LogP contribution in [-0.2, 0) is 0 Å². The zero-order valence-corrected chi connectivity index (χ0v) is 14.5. The summed E-state index contributed by atoms with van der Waals surface area (Å²) in [6.45, 7) is 4.22. The molecule has 5 nitrogen and oxygen atoms in total. The molecule has 0 aliphatic heterocycles. The van der Waals surface area contributed by atoms with Gasteiger partial charge >= 0.3 is 0 Å². The van der Waals surface area contributed by atoms with Gasteiger partial charge in [-0.3, -0.25) is 4.79 Å². The molecule has 1 amide bonds. The van der Waals surface area contributed by atoms with Gasteiger partial charge in [0.25, 0.3) is 5.91 Å². The lowest BCUT2D eigenvalue weighted by Crippen LogP contribution is -2.14. The van der Waals surface area contributed by atoms with Crippen molar-refractivity contribution in [1.29, 1.82) is 0 Å². The van der Waals surface area contributed by atoms with Crippen LogP contribution in [0.25, 0.3) is 0 Å². The highest BCUT2D eigenvalue weighted by Gasteiger charge is 2.10. The molecule has 0 fully saturated rings. The Hall–Kier alpha value is -3.28. The number of carbonyl (C=O) groups excluding carboxylic acids is 1. The summed E-state index contributed by atoms with van der Waals surface area (Å²) in [5.41, 5.74) is 2.36. The van der Waals surface area contributed by atoms with Crippen LogP contribution >= 0.6 is 0 Å². The number of halogens is 1. The van der Waals surface area contributed by atoms with Gasteiger partial charge in [0.1, 0.15) is 17.3 Å². The van der Waals surface area contributed by atoms with Crippen LogP contribution in [0, 0.1) is 5.82 Å². The lowest BCUT2D eigenvalue weighted by molar-refractivity contribution is 0.102. The zero-order chi connectivity index (χ0) is 18.5. The highest BCUT2D eigenvalue weighted by molar-refractivity contribution is 6.02. The molecule has 0 unspecified atom stereocenters. The van der Waals surface area contributed by atoms with Gasteiger partial charge in [0.2, 0.25) is 0 Å². The molecule has 0 spiro atoms. The lowest BCUT2D eigenvalue weighted by atomic mass is 10.0. The predicted molar refractivity (Wildman–Crippen MR) is 100 cm³/mol. The Morgan fingerprint density at radius 2 is 1.73 bits per heavy atom. The molecule has 2 aromatic carbocycles. The Labute approximate surface area is 151 Å². The number of nitrogens with one attached hydrogen (secondary N) is 2. The maximum Gasteiger partial charge on any atom is 0.275 e. The van der Waals surface area contributed by atoms with Crippen LogP contribution < -0.4 is 10.6 Å². The molecule has 1 heterocycles. The zero-order valence-electron chi connectivity index (χ0n) is 14.5. The number of nitrogens with zero attached hydrogens (tertiary/aromatic N) is 2. The number of rotatable bonds is 5. The monoisotopic (exact) mass is 350 g/mol. The van der Waals surface area contributed by atoms with E-state index in [-0.39, 0.29) is 17.4 Å². The first kappa shape index (κ1) is 17.5. The highest BCUT2D eigenvalue weighted by atomic mass is 19.1. The summed E-state index contributed by atoms with van der Waals surface area (Å²) in [7, 11) is 0. The number of hydrogen-bond acceptors (Lipinski definition) is 4. The number of para-hydroxylation sites is 1. The number of amides is 1. The summed E-state index contributed by atoms with van der Waals surface area (Å²) < 4.78 is 13.6. The molecule has 2 N–H and O–H groups in total. The second-order valence-corrected chi connectivity index (χ2v) is 6.12. The van der Waals surface area contributed by atoms with E-state index in [0.29, 0.717) is 23.1 Å².